The summed E-state index contributed by atoms with van der Waals surface area (Å²) < 4.78 is 18.7. The van der Waals surface area contributed by atoms with Crippen LogP contribution in [-0.2, 0) is 4.79 Å². The highest BCUT2D eigenvalue weighted by atomic mass is 35.5. The minimum atomic E-state index is -0.589. The van der Waals surface area contributed by atoms with Crippen molar-refractivity contribution in [3.05, 3.63) is 58.6 Å². The first kappa shape index (κ1) is 18.9. The van der Waals surface area contributed by atoms with Gasteiger partial charge in [0.05, 0.1) is 5.02 Å². The zero-order valence-corrected chi connectivity index (χ0v) is 16.2. The molecule has 0 atom stereocenters. The predicted octanol–water partition coefficient (Wildman–Crippen LogP) is 3.87. The lowest BCUT2D eigenvalue weighted by atomic mass is 9.38. The van der Waals surface area contributed by atoms with E-state index in [4.69, 9.17) is 16.3 Å². The third-order valence-corrected chi connectivity index (χ3v) is 5.88. The number of hydrogen-bond acceptors (Lipinski definition) is 4. The molecule has 3 aliphatic rings. The largest absolute Gasteiger partial charge is 0.484 e. The zero-order chi connectivity index (χ0) is 19.9. The highest BCUT2D eigenvalue weighted by Gasteiger charge is 2.68. The number of Topliss-reactive ketones (excluding diaryl/α,β-unsaturated/α-hetero) is 1. The molecule has 0 aliphatic heterocycles. The summed E-state index contributed by atoms with van der Waals surface area (Å²) in [4.78, 5) is 28.8. The molecule has 7 heteroatoms. The van der Waals surface area contributed by atoms with Gasteiger partial charge in [-0.3, -0.25) is 14.6 Å². The number of nitrogens with zero attached hydrogens (tertiary/aromatic N) is 1. The van der Waals surface area contributed by atoms with Crippen LogP contribution in [0.3, 0.4) is 0 Å². The minimum Gasteiger partial charge on any atom is -0.484 e. The number of nitrogens with one attached hydrogen (secondary N) is 1. The molecule has 1 amide bonds. The van der Waals surface area contributed by atoms with Gasteiger partial charge in [0.2, 0.25) is 0 Å². The van der Waals surface area contributed by atoms with Crippen LogP contribution >= 0.6 is 11.6 Å². The number of ether oxygens (including phenoxy) is 1. The number of carbonyl (C=O) groups is 2. The van der Waals surface area contributed by atoms with Crippen molar-refractivity contribution in [3.8, 4) is 5.75 Å². The van der Waals surface area contributed by atoms with Crippen molar-refractivity contribution in [2.24, 2.45) is 5.41 Å². The van der Waals surface area contributed by atoms with Gasteiger partial charge in [-0.15, -0.1) is 0 Å². The van der Waals surface area contributed by atoms with E-state index in [0.717, 1.165) is 31.0 Å². The van der Waals surface area contributed by atoms with Crippen LogP contribution in [0.2, 0.25) is 5.02 Å². The third kappa shape index (κ3) is 3.61. The topological polar surface area (TPSA) is 68.3 Å². The van der Waals surface area contributed by atoms with E-state index in [1.807, 2.05) is 19.1 Å². The van der Waals surface area contributed by atoms with Crippen LogP contribution in [0.25, 0.3) is 0 Å². The van der Waals surface area contributed by atoms with Crippen molar-refractivity contribution >= 4 is 23.3 Å². The number of hydrogen-bond donors (Lipinski definition) is 1. The molecule has 5 nitrogen and oxygen atoms in total. The molecule has 0 unspecified atom stereocenters. The lowest BCUT2D eigenvalue weighted by Gasteiger charge is -2.70. The van der Waals surface area contributed by atoms with Gasteiger partial charge in [0.15, 0.2) is 12.4 Å². The molecule has 0 spiro atoms. The molecule has 146 valence electrons. The predicted molar refractivity (Wildman–Crippen MR) is 102 cm³/mol. The summed E-state index contributed by atoms with van der Waals surface area (Å²) in [5, 5.41) is 3.00. The molecule has 5 rings (SSSR count). The maximum absolute atomic E-state index is 13.4. The summed E-state index contributed by atoms with van der Waals surface area (Å²) in [6, 6.07) is 7.70. The van der Waals surface area contributed by atoms with E-state index in [2.05, 4.69) is 10.3 Å². The normalized spacial score (nSPS) is 24.7. The molecular weight excluding hydrogens is 383 g/mol. The lowest BCUT2D eigenvalue weighted by Crippen LogP contribution is -2.75. The minimum absolute atomic E-state index is 0.00455. The second-order valence-electron chi connectivity index (χ2n) is 8.01. The Morgan fingerprint density at radius 2 is 2.00 bits per heavy atom. The quantitative estimate of drug-likeness (QED) is 0.714. The Kier molecular flexibility index (Phi) is 4.62. The van der Waals surface area contributed by atoms with Crippen molar-refractivity contribution in [1.82, 2.24) is 10.3 Å². The Morgan fingerprint density at radius 3 is 2.64 bits per heavy atom. The average molecular weight is 403 g/mol. The van der Waals surface area contributed by atoms with E-state index in [-0.39, 0.29) is 40.0 Å². The third-order valence-electron chi connectivity index (χ3n) is 5.57. The molecule has 0 saturated heterocycles. The number of amides is 1. The molecule has 0 radical (unpaired) electrons. The zero-order valence-electron chi connectivity index (χ0n) is 15.4. The maximum Gasteiger partial charge on any atom is 0.258 e. The number of ketones is 1. The van der Waals surface area contributed by atoms with E-state index in [1.54, 1.807) is 6.20 Å². The molecule has 2 aromatic rings. The molecule has 2 bridgehead atoms. The van der Waals surface area contributed by atoms with Crippen molar-refractivity contribution in [1.29, 1.82) is 0 Å². The van der Waals surface area contributed by atoms with Crippen molar-refractivity contribution in [2.45, 2.75) is 38.1 Å². The van der Waals surface area contributed by atoms with Gasteiger partial charge in [-0.1, -0.05) is 11.6 Å². The number of rotatable bonds is 7. The smallest absolute Gasteiger partial charge is 0.258 e. The number of halogens is 2. The SMILES string of the molecule is Cc1ccc(C(=O)CC23CC(NC(=O)COc4ccc(Cl)c(F)c4)(C2)C3)cn1. The van der Waals surface area contributed by atoms with Crippen LogP contribution in [0, 0.1) is 18.2 Å². The molecule has 28 heavy (non-hydrogen) atoms. The molecule has 3 aliphatic carbocycles. The summed E-state index contributed by atoms with van der Waals surface area (Å²) in [5.41, 5.74) is 1.29. The van der Waals surface area contributed by atoms with Gasteiger partial charge in [-0.05, 0) is 55.9 Å². The fourth-order valence-electron chi connectivity index (χ4n) is 4.44. The van der Waals surface area contributed by atoms with Gasteiger partial charge in [-0.25, -0.2) is 4.39 Å². The first-order valence-electron chi connectivity index (χ1n) is 9.13. The standard InChI is InChI=1S/C21H20ClFN2O3/c1-13-2-3-14(8-24-13)18(26)7-20-10-21(11-20,12-20)25-19(27)9-28-15-4-5-16(22)17(23)6-15/h2-6,8H,7,9-12H2,1H3,(H,25,27). The molecule has 1 aromatic heterocycles. The number of benzene rings is 1. The summed E-state index contributed by atoms with van der Waals surface area (Å²) in [6.45, 7) is 1.69. The van der Waals surface area contributed by atoms with Crippen molar-refractivity contribution in [3.63, 3.8) is 0 Å². The van der Waals surface area contributed by atoms with Crippen LogP contribution in [-0.4, -0.2) is 28.8 Å². The van der Waals surface area contributed by atoms with E-state index in [0.29, 0.717) is 12.0 Å². The molecule has 3 saturated carbocycles. The van der Waals surface area contributed by atoms with Gasteiger partial charge in [0.25, 0.3) is 5.91 Å². The highest BCUT2D eigenvalue weighted by Crippen LogP contribution is 2.69. The van der Waals surface area contributed by atoms with E-state index >= 15 is 0 Å². The first-order valence-corrected chi connectivity index (χ1v) is 9.51. The average Bonchev–Trinajstić information content (AvgIpc) is 2.60. The van der Waals surface area contributed by atoms with Gasteiger partial charge < -0.3 is 10.1 Å². The van der Waals surface area contributed by atoms with Gasteiger partial charge in [-0.2, -0.15) is 0 Å². The Balaban J connectivity index is 1.24. The van der Waals surface area contributed by atoms with Crippen LogP contribution in [0.15, 0.2) is 36.5 Å². The van der Waals surface area contributed by atoms with E-state index < -0.39 is 5.82 Å². The molecule has 1 heterocycles. The maximum atomic E-state index is 13.4. The fraction of sp³-hybridized carbons (Fsp3) is 0.381. The van der Waals surface area contributed by atoms with Gasteiger partial charge >= 0.3 is 0 Å². The van der Waals surface area contributed by atoms with E-state index in [1.165, 1.54) is 12.1 Å². The van der Waals surface area contributed by atoms with Gasteiger partial charge in [0, 0.05) is 35.5 Å². The summed E-state index contributed by atoms with van der Waals surface area (Å²) in [7, 11) is 0. The van der Waals surface area contributed by atoms with Crippen LogP contribution in [0.4, 0.5) is 4.39 Å². The number of aromatic nitrogens is 1. The van der Waals surface area contributed by atoms with Crippen molar-refractivity contribution < 1.29 is 18.7 Å². The summed E-state index contributed by atoms with van der Waals surface area (Å²) in [6.07, 6.45) is 4.50. The second-order valence-corrected chi connectivity index (χ2v) is 8.42. The number of pyridine rings is 1. The number of carbonyl (C=O) groups excluding carboxylic acids is 2. The van der Waals surface area contributed by atoms with Crippen LogP contribution in [0.1, 0.15) is 41.7 Å². The Hall–Kier alpha value is -2.47. The van der Waals surface area contributed by atoms with Crippen molar-refractivity contribution in [2.75, 3.05) is 6.61 Å². The van der Waals surface area contributed by atoms with Crippen LogP contribution < -0.4 is 10.1 Å². The summed E-state index contributed by atoms with van der Waals surface area (Å²) in [5.74, 6) is -0.490. The monoisotopic (exact) mass is 402 g/mol. The Bertz CT molecular complexity index is 925. The first-order chi connectivity index (χ1) is 13.3. The number of aryl methyl sites for hydroxylation is 1. The van der Waals surface area contributed by atoms with Crippen LogP contribution in [0.5, 0.6) is 5.75 Å². The second kappa shape index (κ2) is 6.85. The lowest BCUT2D eigenvalue weighted by molar-refractivity contribution is -0.164. The Morgan fingerprint density at radius 1 is 1.25 bits per heavy atom. The molecular formula is C21H20ClFN2O3. The molecule has 1 N–H and O–H groups in total. The molecule has 1 aromatic carbocycles. The Labute approximate surface area is 167 Å². The highest BCUT2D eigenvalue weighted by molar-refractivity contribution is 6.30. The fourth-order valence-corrected chi connectivity index (χ4v) is 4.56. The summed E-state index contributed by atoms with van der Waals surface area (Å²) >= 11 is 5.62. The van der Waals surface area contributed by atoms with Gasteiger partial charge in [0.1, 0.15) is 11.6 Å². The molecule has 3 fully saturated rings. The van der Waals surface area contributed by atoms with E-state index in [9.17, 15) is 14.0 Å².